The van der Waals surface area contributed by atoms with E-state index in [9.17, 15) is 27.2 Å². The molecule has 0 aliphatic heterocycles. The largest absolute Gasteiger partial charge is 0.416 e. The van der Waals surface area contributed by atoms with Crippen LogP contribution in [0.2, 0.25) is 0 Å². The summed E-state index contributed by atoms with van der Waals surface area (Å²) in [5.74, 6) is -1.61. The quantitative estimate of drug-likeness (QED) is 0.423. The first-order chi connectivity index (χ1) is 14.7. The number of hydrogen-bond donors (Lipinski definition) is 2. The van der Waals surface area contributed by atoms with Crippen LogP contribution in [-0.2, 0) is 11.0 Å². The van der Waals surface area contributed by atoms with Crippen molar-refractivity contribution in [1.29, 1.82) is 0 Å². The van der Waals surface area contributed by atoms with E-state index in [4.69, 9.17) is 0 Å². The predicted molar refractivity (Wildman–Crippen MR) is 107 cm³/mol. The first-order valence-electron chi connectivity index (χ1n) is 8.71. The summed E-state index contributed by atoms with van der Waals surface area (Å²) in [4.78, 5) is 24.0. The van der Waals surface area contributed by atoms with Gasteiger partial charge in [-0.3, -0.25) is 9.59 Å². The second-order valence-corrected chi connectivity index (χ2v) is 7.13. The molecular weight excluding hydrogens is 436 g/mol. The highest BCUT2D eigenvalue weighted by atomic mass is 32.2. The number of alkyl halides is 3. The van der Waals surface area contributed by atoms with Gasteiger partial charge in [0.15, 0.2) is 5.82 Å². The van der Waals surface area contributed by atoms with E-state index in [1.165, 1.54) is 42.5 Å². The molecule has 2 N–H and O–H groups in total. The van der Waals surface area contributed by atoms with Crippen molar-refractivity contribution < 1.29 is 27.2 Å². The van der Waals surface area contributed by atoms with Gasteiger partial charge in [0.2, 0.25) is 5.91 Å². The Bertz CT molecular complexity index is 1090. The number of carbonyl (C=O) groups excluding carboxylic acids is 2. The summed E-state index contributed by atoms with van der Waals surface area (Å²) in [6.45, 7) is 0. The molecule has 3 rings (SSSR count). The van der Waals surface area contributed by atoms with Crippen molar-refractivity contribution in [3.63, 3.8) is 0 Å². The smallest absolute Gasteiger partial charge is 0.325 e. The van der Waals surface area contributed by atoms with Gasteiger partial charge in [-0.15, -0.1) is 10.2 Å². The van der Waals surface area contributed by atoms with Gasteiger partial charge < -0.3 is 10.6 Å². The lowest BCUT2D eigenvalue weighted by molar-refractivity contribution is -0.137. The number of anilines is 2. The van der Waals surface area contributed by atoms with Gasteiger partial charge in [-0.2, -0.15) is 13.2 Å². The molecule has 0 atom stereocenters. The van der Waals surface area contributed by atoms with Crippen LogP contribution in [0.15, 0.2) is 65.7 Å². The predicted octanol–water partition coefficient (Wildman–Crippen LogP) is 4.62. The highest BCUT2D eigenvalue weighted by Crippen LogP contribution is 2.30. The van der Waals surface area contributed by atoms with Gasteiger partial charge in [0.05, 0.1) is 11.3 Å². The average molecular weight is 450 g/mol. The number of rotatable bonds is 6. The number of aromatic nitrogens is 2. The van der Waals surface area contributed by atoms with E-state index in [2.05, 4.69) is 20.8 Å². The molecule has 3 aromatic rings. The molecule has 0 saturated heterocycles. The second-order valence-electron chi connectivity index (χ2n) is 6.14. The lowest BCUT2D eigenvalue weighted by Crippen LogP contribution is -2.15. The number of thioether (sulfide) groups is 1. The van der Waals surface area contributed by atoms with Crippen molar-refractivity contribution in [2.24, 2.45) is 0 Å². The van der Waals surface area contributed by atoms with Gasteiger partial charge in [-0.25, -0.2) is 4.39 Å². The van der Waals surface area contributed by atoms with Crippen molar-refractivity contribution in [1.82, 2.24) is 10.2 Å². The fourth-order valence-electron chi connectivity index (χ4n) is 2.39. The van der Waals surface area contributed by atoms with Crippen molar-refractivity contribution >= 4 is 35.1 Å². The second kappa shape index (κ2) is 9.56. The molecule has 0 aliphatic carbocycles. The Morgan fingerprint density at radius 2 is 1.71 bits per heavy atom. The number of benzene rings is 2. The Morgan fingerprint density at radius 3 is 2.39 bits per heavy atom. The van der Waals surface area contributed by atoms with Crippen molar-refractivity contribution in [2.75, 3.05) is 16.4 Å². The Kier molecular flexibility index (Phi) is 6.85. The molecule has 160 valence electrons. The van der Waals surface area contributed by atoms with Crippen LogP contribution in [0, 0.1) is 5.82 Å². The van der Waals surface area contributed by atoms with Gasteiger partial charge in [0.25, 0.3) is 5.91 Å². The molecule has 0 bridgehead atoms. The highest BCUT2D eigenvalue weighted by Gasteiger charge is 2.30. The third-order valence-corrected chi connectivity index (χ3v) is 4.71. The van der Waals surface area contributed by atoms with Crippen molar-refractivity contribution in [2.45, 2.75) is 11.2 Å². The summed E-state index contributed by atoms with van der Waals surface area (Å²) >= 11 is 1.01. The molecule has 1 aromatic heterocycles. The fourth-order valence-corrected chi connectivity index (χ4v) is 3.01. The molecular formula is C20H14F4N4O2S. The third kappa shape index (κ3) is 6.51. The molecule has 2 aromatic carbocycles. The molecule has 2 amide bonds. The lowest BCUT2D eigenvalue weighted by Gasteiger charge is -2.09. The molecule has 0 saturated carbocycles. The first kappa shape index (κ1) is 22.2. The Balaban J connectivity index is 1.52. The molecule has 6 nitrogen and oxygen atoms in total. The minimum Gasteiger partial charge on any atom is -0.325 e. The molecule has 11 heteroatoms. The number of carbonyl (C=O) groups is 2. The maximum atomic E-state index is 13.2. The molecule has 0 aliphatic rings. The Labute approximate surface area is 178 Å². The van der Waals surface area contributed by atoms with Crippen LogP contribution in [0.5, 0.6) is 0 Å². The van der Waals surface area contributed by atoms with E-state index in [1.807, 2.05) is 0 Å². The maximum Gasteiger partial charge on any atom is 0.416 e. The topological polar surface area (TPSA) is 84.0 Å². The number of halogens is 4. The normalized spacial score (nSPS) is 11.1. The number of nitrogens with zero attached hydrogens (tertiary/aromatic N) is 2. The van der Waals surface area contributed by atoms with Crippen molar-refractivity contribution in [3.8, 4) is 0 Å². The van der Waals surface area contributed by atoms with Crippen LogP contribution in [0.1, 0.15) is 15.9 Å². The van der Waals surface area contributed by atoms with E-state index in [0.717, 1.165) is 30.0 Å². The van der Waals surface area contributed by atoms with E-state index < -0.39 is 29.4 Å². The minimum absolute atomic E-state index is 0.0296. The van der Waals surface area contributed by atoms with E-state index in [-0.39, 0.29) is 22.8 Å². The monoisotopic (exact) mass is 450 g/mol. The minimum atomic E-state index is -4.50. The van der Waals surface area contributed by atoms with E-state index in [0.29, 0.717) is 5.03 Å². The maximum absolute atomic E-state index is 13.2. The van der Waals surface area contributed by atoms with Gasteiger partial charge in [0.1, 0.15) is 10.8 Å². The summed E-state index contributed by atoms with van der Waals surface area (Å²) in [7, 11) is 0. The molecule has 0 spiro atoms. The fraction of sp³-hybridized carbons (Fsp3) is 0.100. The highest BCUT2D eigenvalue weighted by molar-refractivity contribution is 7.99. The van der Waals surface area contributed by atoms with Crippen LogP contribution >= 0.6 is 11.8 Å². The summed E-state index contributed by atoms with van der Waals surface area (Å²) in [5.41, 5.74) is -0.715. The zero-order valence-electron chi connectivity index (χ0n) is 15.6. The van der Waals surface area contributed by atoms with Crippen LogP contribution < -0.4 is 10.6 Å². The molecule has 0 unspecified atom stereocenters. The summed E-state index contributed by atoms with van der Waals surface area (Å²) in [6, 6.07) is 12.4. The van der Waals surface area contributed by atoms with Crippen LogP contribution in [0.4, 0.5) is 29.1 Å². The zero-order valence-corrected chi connectivity index (χ0v) is 16.4. The molecule has 0 radical (unpaired) electrons. The van der Waals surface area contributed by atoms with Crippen LogP contribution in [0.25, 0.3) is 0 Å². The zero-order chi connectivity index (χ0) is 22.4. The Morgan fingerprint density at radius 1 is 0.935 bits per heavy atom. The Hall–Kier alpha value is -3.47. The van der Waals surface area contributed by atoms with Gasteiger partial charge >= 0.3 is 6.18 Å². The molecule has 31 heavy (non-hydrogen) atoms. The number of hydrogen-bond acceptors (Lipinski definition) is 5. The number of nitrogens with one attached hydrogen (secondary N) is 2. The SMILES string of the molecule is O=C(CSc1ccc(NC(=O)c2cccc(F)c2)nn1)Nc1cccc(C(F)(F)F)c1. The lowest BCUT2D eigenvalue weighted by atomic mass is 10.2. The van der Waals surface area contributed by atoms with Gasteiger partial charge in [-0.05, 0) is 48.5 Å². The number of amides is 2. The third-order valence-electron chi connectivity index (χ3n) is 3.79. The molecule has 1 heterocycles. The van der Waals surface area contributed by atoms with E-state index >= 15 is 0 Å². The first-order valence-corrected chi connectivity index (χ1v) is 9.70. The van der Waals surface area contributed by atoms with Crippen molar-refractivity contribution in [3.05, 3.63) is 77.6 Å². The summed E-state index contributed by atoms with van der Waals surface area (Å²) in [5, 5.41) is 12.9. The van der Waals surface area contributed by atoms with Crippen LogP contribution in [0.3, 0.4) is 0 Å². The summed E-state index contributed by atoms with van der Waals surface area (Å²) in [6.07, 6.45) is -4.50. The van der Waals surface area contributed by atoms with Crippen LogP contribution in [-0.4, -0.2) is 27.8 Å². The molecule has 0 fully saturated rings. The standard InChI is InChI=1S/C20H14F4N4O2S/c21-14-5-1-3-12(9-14)19(30)26-16-7-8-18(28-27-16)31-11-17(29)25-15-6-2-4-13(10-15)20(22,23)24/h1-10H,11H2,(H,25,29)(H,26,27,30). The summed E-state index contributed by atoms with van der Waals surface area (Å²) < 4.78 is 51.4. The average Bonchev–Trinajstić information content (AvgIpc) is 2.73. The van der Waals surface area contributed by atoms with Gasteiger partial charge in [0, 0.05) is 11.3 Å². The van der Waals surface area contributed by atoms with E-state index in [1.54, 1.807) is 0 Å². The van der Waals surface area contributed by atoms with Gasteiger partial charge in [-0.1, -0.05) is 23.9 Å².